The first-order valence-electron chi connectivity index (χ1n) is 12.5. The van der Waals surface area contributed by atoms with Crippen LogP contribution in [0, 0.1) is 20.8 Å². The summed E-state index contributed by atoms with van der Waals surface area (Å²) in [5, 5.41) is 3.83. The van der Waals surface area contributed by atoms with Crippen molar-refractivity contribution in [3.05, 3.63) is 106 Å². The van der Waals surface area contributed by atoms with Crippen molar-refractivity contribution in [1.82, 2.24) is 19.5 Å². The molecule has 210 valence electrons. The number of nitrogens with zero attached hydrogens (tertiary/aromatic N) is 3. The number of aromatic nitrogens is 4. The number of halogens is 3. The van der Waals surface area contributed by atoms with Crippen LogP contribution in [0.15, 0.2) is 67.3 Å². The van der Waals surface area contributed by atoms with Gasteiger partial charge in [0.05, 0.1) is 17.6 Å². The maximum atomic E-state index is 13.6. The van der Waals surface area contributed by atoms with Crippen LogP contribution in [0.1, 0.15) is 44.0 Å². The molecule has 11 heteroatoms. The van der Waals surface area contributed by atoms with Gasteiger partial charge in [-0.15, -0.1) is 0 Å². The number of rotatable bonds is 6. The SMILES string of the molecule is Cc1cn(-c2cc(C(=O)Nc3ccc(C)c(CCc4cnc5[nH]c(C)cc5c4)c3)cc(C(F)(F)F)c2)cn1.O=C=O. The van der Waals surface area contributed by atoms with E-state index in [0.29, 0.717) is 11.4 Å². The fraction of sp³-hybridized carbons (Fsp3) is 0.200. The van der Waals surface area contributed by atoms with Crippen LogP contribution in [0.4, 0.5) is 18.9 Å². The zero-order valence-electron chi connectivity index (χ0n) is 22.5. The Balaban J connectivity index is 0.00000124. The number of imidazole rings is 1. The molecule has 2 aromatic carbocycles. The minimum Gasteiger partial charge on any atom is -0.344 e. The number of anilines is 1. The molecule has 5 rings (SSSR count). The van der Waals surface area contributed by atoms with Gasteiger partial charge < -0.3 is 14.9 Å². The Morgan fingerprint density at radius 2 is 1.76 bits per heavy atom. The number of nitrogens with one attached hydrogen (secondary N) is 2. The molecule has 3 heterocycles. The highest BCUT2D eigenvalue weighted by molar-refractivity contribution is 6.04. The van der Waals surface area contributed by atoms with E-state index in [1.807, 2.05) is 32.2 Å². The maximum absolute atomic E-state index is 13.6. The van der Waals surface area contributed by atoms with Crippen molar-refractivity contribution in [3.8, 4) is 5.69 Å². The number of amides is 1. The Labute approximate surface area is 233 Å². The van der Waals surface area contributed by atoms with Gasteiger partial charge in [-0.25, -0.2) is 9.97 Å². The van der Waals surface area contributed by atoms with Crippen molar-refractivity contribution in [1.29, 1.82) is 0 Å². The summed E-state index contributed by atoms with van der Waals surface area (Å²) >= 11 is 0. The van der Waals surface area contributed by atoms with Crippen molar-refractivity contribution in [2.24, 2.45) is 0 Å². The molecule has 2 N–H and O–H groups in total. The number of hydrogen-bond acceptors (Lipinski definition) is 5. The third-order valence-electron chi connectivity index (χ3n) is 6.47. The predicted octanol–water partition coefficient (Wildman–Crippen LogP) is 6.15. The van der Waals surface area contributed by atoms with Crippen molar-refractivity contribution >= 4 is 28.8 Å². The van der Waals surface area contributed by atoms with Gasteiger partial charge in [0.25, 0.3) is 5.91 Å². The molecule has 0 saturated heterocycles. The fourth-order valence-electron chi connectivity index (χ4n) is 4.45. The van der Waals surface area contributed by atoms with Gasteiger partial charge in [-0.3, -0.25) is 4.79 Å². The van der Waals surface area contributed by atoms with Gasteiger partial charge in [0.1, 0.15) is 5.65 Å². The first kappa shape index (κ1) is 29.0. The lowest BCUT2D eigenvalue weighted by Gasteiger charge is -2.14. The van der Waals surface area contributed by atoms with Crippen LogP contribution in [0.3, 0.4) is 0 Å². The van der Waals surface area contributed by atoms with Crippen LogP contribution >= 0.6 is 0 Å². The highest BCUT2D eigenvalue weighted by Crippen LogP contribution is 2.32. The molecule has 1 amide bonds. The number of aryl methyl sites for hydroxylation is 5. The summed E-state index contributed by atoms with van der Waals surface area (Å²) in [5.41, 5.74) is 5.48. The molecular weight excluding hydrogens is 535 g/mol. The number of benzene rings is 2. The number of alkyl halides is 3. The third-order valence-corrected chi connectivity index (χ3v) is 6.47. The van der Waals surface area contributed by atoms with Crippen LogP contribution in [-0.4, -0.2) is 31.6 Å². The molecule has 0 aliphatic carbocycles. The lowest BCUT2D eigenvalue weighted by atomic mass is 10.00. The summed E-state index contributed by atoms with van der Waals surface area (Å²) < 4.78 is 42.3. The van der Waals surface area contributed by atoms with Gasteiger partial charge in [0.15, 0.2) is 0 Å². The Morgan fingerprint density at radius 1 is 1.00 bits per heavy atom. The van der Waals surface area contributed by atoms with Crippen LogP contribution in [0.5, 0.6) is 0 Å². The summed E-state index contributed by atoms with van der Waals surface area (Å²) in [6.45, 7) is 5.72. The number of aromatic amines is 1. The van der Waals surface area contributed by atoms with E-state index in [-0.39, 0.29) is 17.4 Å². The predicted molar refractivity (Wildman–Crippen MR) is 146 cm³/mol. The second-order valence-electron chi connectivity index (χ2n) is 9.60. The van der Waals surface area contributed by atoms with E-state index >= 15 is 0 Å². The number of carbonyl (C=O) groups is 1. The molecule has 0 unspecified atom stereocenters. The van der Waals surface area contributed by atoms with Crippen molar-refractivity contribution in [3.63, 3.8) is 0 Å². The summed E-state index contributed by atoms with van der Waals surface area (Å²) in [7, 11) is 0. The van der Waals surface area contributed by atoms with Gasteiger partial charge in [-0.1, -0.05) is 6.07 Å². The normalized spacial score (nSPS) is 11.1. The first-order valence-corrected chi connectivity index (χ1v) is 12.5. The second kappa shape index (κ2) is 12.0. The summed E-state index contributed by atoms with van der Waals surface area (Å²) in [5.74, 6) is -0.624. The van der Waals surface area contributed by atoms with E-state index in [1.165, 1.54) is 17.0 Å². The molecular formula is C30H26F3N5O3. The topological polar surface area (TPSA) is 110 Å². The Kier molecular flexibility index (Phi) is 8.49. The summed E-state index contributed by atoms with van der Waals surface area (Å²) in [6.07, 6.45) is 2.00. The number of fused-ring (bicyclic) bond motifs is 1. The number of H-pyrrole nitrogens is 1. The summed E-state index contributed by atoms with van der Waals surface area (Å²) in [6, 6.07) is 13.0. The quantitative estimate of drug-likeness (QED) is 0.259. The molecule has 8 nitrogen and oxygen atoms in total. The van der Waals surface area contributed by atoms with Crippen LogP contribution in [-0.2, 0) is 28.6 Å². The van der Waals surface area contributed by atoms with Crippen molar-refractivity contribution < 1.29 is 27.6 Å². The minimum atomic E-state index is -4.60. The highest BCUT2D eigenvalue weighted by atomic mass is 19.4. The van der Waals surface area contributed by atoms with Crippen LogP contribution < -0.4 is 5.32 Å². The molecule has 0 aliphatic rings. The zero-order chi connectivity index (χ0) is 29.7. The molecule has 0 aliphatic heterocycles. The highest BCUT2D eigenvalue weighted by Gasteiger charge is 2.32. The fourth-order valence-corrected chi connectivity index (χ4v) is 4.45. The lowest BCUT2D eigenvalue weighted by Crippen LogP contribution is -2.15. The van der Waals surface area contributed by atoms with Crippen LogP contribution in [0.25, 0.3) is 16.7 Å². The van der Waals surface area contributed by atoms with Gasteiger partial charge in [-0.2, -0.15) is 22.8 Å². The summed E-state index contributed by atoms with van der Waals surface area (Å²) in [4.78, 5) is 41.1. The molecule has 0 atom stereocenters. The molecule has 0 saturated carbocycles. The zero-order valence-corrected chi connectivity index (χ0v) is 22.5. The van der Waals surface area contributed by atoms with E-state index < -0.39 is 17.6 Å². The van der Waals surface area contributed by atoms with E-state index in [4.69, 9.17) is 9.59 Å². The Hall–Kier alpha value is -5.02. The molecule has 0 spiro atoms. The second-order valence-corrected chi connectivity index (χ2v) is 9.60. The molecule has 3 aromatic heterocycles. The van der Waals surface area contributed by atoms with E-state index in [0.717, 1.165) is 58.4 Å². The lowest BCUT2D eigenvalue weighted by molar-refractivity contribution is -0.191. The smallest absolute Gasteiger partial charge is 0.344 e. The Morgan fingerprint density at radius 3 is 2.44 bits per heavy atom. The van der Waals surface area contributed by atoms with E-state index in [2.05, 4.69) is 32.4 Å². The van der Waals surface area contributed by atoms with Gasteiger partial charge in [0, 0.05) is 40.4 Å². The van der Waals surface area contributed by atoms with Gasteiger partial charge in [-0.05, 0) is 92.8 Å². The molecule has 5 aromatic rings. The molecule has 41 heavy (non-hydrogen) atoms. The monoisotopic (exact) mass is 561 g/mol. The standard InChI is InChI=1S/C29H26F3N5O.CO2/c1-17-4-7-25(11-21(17)6-5-20-9-22-8-18(2)35-27(22)33-14-20)36-28(38)23-10-24(29(30,31)32)13-26(12-23)37-15-19(3)34-16-37;2-1-3/h4,7-16H,5-6H2,1-3H3,(H,33,35)(H,36,38);. The average molecular weight is 562 g/mol. The molecule has 0 bridgehead atoms. The number of hydrogen-bond donors (Lipinski definition) is 2. The minimum absolute atomic E-state index is 0.0931. The van der Waals surface area contributed by atoms with Crippen LogP contribution in [0.2, 0.25) is 0 Å². The Bertz CT molecular complexity index is 1750. The average Bonchev–Trinajstić information content (AvgIpc) is 3.52. The third kappa shape index (κ3) is 7.14. The molecule has 0 radical (unpaired) electrons. The number of carbonyl (C=O) groups excluding carboxylic acids is 3. The van der Waals surface area contributed by atoms with Gasteiger partial charge in [0.2, 0.25) is 0 Å². The molecule has 0 fully saturated rings. The van der Waals surface area contributed by atoms with Crippen molar-refractivity contribution in [2.45, 2.75) is 39.8 Å². The number of pyridine rings is 1. The van der Waals surface area contributed by atoms with Gasteiger partial charge >= 0.3 is 12.3 Å². The maximum Gasteiger partial charge on any atom is 0.416 e. The first-order chi connectivity index (χ1) is 19.5. The largest absolute Gasteiger partial charge is 0.416 e. The van der Waals surface area contributed by atoms with Crippen molar-refractivity contribution in [2.75, 3.05) is 5.32 Å². The van der Waals surface area contributed by atoms with E-state index in [9.17, 15) is 18.0 Å². The van der Waals surface area contributed by atoms with E-state index in [1.54, 1.807) is 19.2 Å².